The molecule has 0 heterocycles. The Morgan fingerprint density at radius 2 is 1.84 bits per heavy atom. The minimum Gasteiger partial charge on any atom is -0.508 e. The normalized spacial score (nSPS) is 10.2. The molecule has 2 aromatic carbocycles. The van der Waals surface area contributed by atoms with Gasteiger partial charge >= 0.3 is 0 Å². The Hall–Kier alpha value is -2.16. The number of ether oxygens (including phenoxy) is 1. The molecule has 0 spiro atoms. The molecule has 1 N–H and O–H groups in total. The van der Waals surface area contributed by atoms with E-state index >= 15 is 0 Å². The second-order valence-electron chi connectivity index (χ2n) is 4.26. The number of nitrogens with zero attached hydrogens (tertiary/aromatic N) is 1. The lowest BCUT2D eigenvalue weighted by atomic mass is 10.2. The molecule has 100 valence electrons. The van der Waals surface area contributed by atoms with Crippen LogP contribution in [0.5, 0.6) is 11.5 Å². The van der Waals surface area contributed by atoms with Gasteiger partial charge in [-0.15, -0.1) is 0 Å². The van der Waals surface area contributed by atoms with E-state index in [2.05, 4.69) is 11.8 Å². The molecule has 2 rings (SSSR count). The number of phenols is 1. The van der Waals surface area contributed by atoms with Crippen molar-refractivity contribution in [1.29, 1.82) is 0 Å². The first-order chi connectivity index (χ1) is 9.29. The molecule has 0 unspecified atom stereocenters. The Balaban J connectivity index is 1.89. The van der Waals surface area contributed by atoms with Gasteiger partial charge in [0.1, 0.15) is 18.1 Å². The van der Waals surface area contributed by atoms with Crippen molar-refractivity contribution in [2.75, 3.05) is 24.6 Å². The maximum atomic E-state index is 9.50. The van der Waals surface area contributed by atoms with E-state index in [1.165, 1.54) is 0 Å². The molecule has 0 atom stereocenters. The van der Waals surface area contributed by atoms with E-state index in [1.54, 1.807) is 12.1 Å². The lowest BCUT2D eigenvalue weighted by Gasteiger charge is -2.23. The molecule has 3 nitrogen and oxygen atoms in total. The van der Waals surface area contributed by atoms with E-state index in [0.717, 1.165) is 24.5 Å². The van der Waals surface area contributed by atoms with Gasteiger partial charge in [0.05, 0.1) is 6.54 Å². The molecule has 0 aromatic heterocycles. The summed E-state index contributed by atoms with van der Waals surface area (Å²) in [5, 5.41) is 9.50. The highest BCUT2D eigenvalue weighted by Crippen LogP contribution is 2.19. The lowest BCUT2D eigenvalue weighted by Crippen LogP contribution is -2.27. The number of hydrogen-bond donors (Lipinski definition) is 1. The largest absolute Gasteiger partial charge is 0.508 e. The molecular weight excluding hydrogens is 238 g/mol. The molecule has 0 aliphatic rings. The van der Waals surface area contributed by atoms with Crippen LogP contribution in [0.25, 0.3) is 0 Å². The molecule has 0 amide bonds. The van der Waals surface area contributed by atoms with Crippen molar-refractivity contribution in [2.24, 2.45) is 0 Å². The van der Waals surface area contributed by atoms with Crippen molar-refractivity contribution in [1.82, 2.24) is 0 Å². The van der Waals surface area contributed by atoms with Crippen LogP contribution >= 0.6 is 0 Å². The molecule has 0 radical (unpaired) electrons. The molecule has 0 fully saturated rings. The van der Waals surface area contributed by atoms with E-state index in [-0.39, 0.29) is 0 Å². The highest BCUT2D eigenvalue weighted by atomic mass is 16.5. The Kier molecular flexibility index (Phi) is 4.67. The van der Waals surface area contributed by atoms with Crippen LogP contribution in [-0.4, -0.2) is 24.8 Å². The average molecular weight is 257 g/mol. The van der Waals surface area contributed by atoms with Crippen LogP contribution in [0.2, 0.25) is 0 Å². The fraction of sp³-hybridized carbons (Fsp3) is 0.250. The Labute approximate surface area is 114 Å². The van der Waals surface area contributed by atoms with Gasteiger partial charge in [-0.1, -0.05) is 24.3 Å². The molecule has 0 bridgehead atoms. The van der Waals surface area contributed by atoms with Crippen molar-refractivity contribution >= 4 is 5.69 Å². The summed E-state index contributed by atoms with van der Waals surface area (Å²) in [5.74, 6) is 1.18. The molecule has 0 aliphatic carbocycles. The van der Waals surface area contributed by atoms with Gasteiger partial charge in [-0.25, -0.2) is 0 Å². The van der Waals surface area contributed by atoms with E-state index in [1.807, 2.05) is 42.5 Å². The standard InChI is InChI=1S/C16H19NO2/c1-2-17(14-7-6-8-15(18)13-14)11-12-19-16-9-4-3-5-10-16/h3-10,13,18H,2,11-12H2,1H3. The van der Waals surface area contributed by atoms with Crippen LogP contribution in [0, 0.1) is 0 Å². The Morgan fingerprint density at radius 3 is 2.53 bits per heavy atom. The molecule has 0 saturated heterocycles. The highest BCUT2D eigenvalue weighted by Gasteiger charge is 2.05. The van der Waals surface area contributed by atoms with E-state index in [9.17, 15) is 5.11 Å². The van der Waals surface area contributed by atoms with Crippen LogP contribution < -0.4 is 9.64 Å². The fourth-order valence-electron chi connectivity index (χ4n) is 1.95. The number of aromatic hydroxyl groups is 1. The number of para-hydroxylation sites is 1. The SMILES string of the molecule is CCN(CCOc1ccccc1)c1cccc(O)c1. The van der Waals surface area contributed by atoms with Crippen molar-refractivity contribution in [3.05, 3.63) is 54.6 Å². The lowest BCUT2D eigenvalue weighted by molar-refractivity contribution is 0.324. The van der Waals surface area contributed by atoms with Gasteiger partial charge in [0.2, 0.25) is 0 Å². The van der Waals surface area contributed by atoms with Crippen LogP contribution in [0.3, 0.4) is 0 Å². The van der Waals surface area contributed by atoms with Crippen molar-refractivity contribution in [2.45, 2.75) is 6.92 Å². The summed E-state index contributed by atoms with van der Waals surface area (Å²) >= 11 is 0. The van der Waals surface area contributed by atoms with Crippen LogP contribution in [0.1, 0.15) is 6.92 Å². The number of hydrogen-bond acceptors (Lipinski definition) is 3. The number of anilines is 1. The third-order valence-corrected chi connectivity index (χ3v) is 2.95. The third-order valence-electron chi connectivity index (χ3n) is 2.95. The van der Waals surface area contributed by atoms with Gasteiger partial charge in [-0.05, 0) is 31.2 Å². The zero-order valence-electron chi connectivity index (χ0n) is 11.1. The van der Waals surface area contributed by atoms with Gasteiger partial charge in [-0.2, -0.15) is 0 Å². The molecule has 2 aromatic rings. The fourth-order valence-corrected chi connectivity index (χ4v) is 1.95. The molecule has 19 heavy (non-hydrogen) atoms. The molecule has 0 aliphatic heterocycles. The maximum Gasteiger partial charge on any atom is 0.119 e. The number of likely N-dealkylation sites (N-methyl/N-ethyl adjacent to an activating group) is 1. The zero-order chi connectivity index (χ0) is 13.5. The first kappa shape index (κ1) is 13.3. The van der Waals surface area contributed by atoms with E-state index in [0.29, 0.717) is 12.4 Å². The van der Waals surface area contributed by atoms with E-state index in [4.69, 9.17) is 4.74 Å². The Morgan fingerprint density at radius 1 is 1.05 bits per heavy atom. The second-order valence-corrected chi connectivity index (χ2v) is 4.26. The van der Waals surface area contributed by atoms with Gasteiger partial charge < -0.3 is 14.7 Å². The summed E-state index contributed by atoms with van der Waals surface area (Å²) in [5.41, 5.74) is 1.01. The summed E-state index contributed by atoms with van der Waals surface area (Å²) in [6.07, 6.45) is 0. The first-order valence-electron chi connectivity index (χ1n) is 6.51. The predicted octanol–water partition coefficient (Wildman–Crippen LogP) is 3.30. The van der Waals surface area contributed by atoms with Crippen LogP contribution in [0.4, 0.5) is 5.69 Å². The summed E-state index contributed by atoms with van der Waals surface area (Å²) in [7, 11) is 0. The van der Waals surface area contributed by atoms with Gasteiger partial charge in [-0.3, -0.25) is 0 Å². The predicted molar refractivity (Wildman–Crippen MR) is 77.9 cm³/mol. The summed E-state index contributed by atoms with van der Waals surface area (Å²) in [6, 6.07) is 17.1. The van der Waals surface area contributed by atoms with Crippen LogP contribution in [-0.2, 0) is 0 Å². The maximum absolute atomic E-state index is 9.50. The minimum atomic E-state index is 0.292. The smallest absolute Gasteiger partial charge is 0.119 e. The first-order valence-corrected chi connectivity index (χ1v) is 6.51. The van der Waals surface area contributed by atoms with Crippen LogP contribution in [0.15, 0.2) is 54.6 Å². The van der Waals surface area contributed by atoms with E-state index < -0.39 is 0 Å². The van der Waals surface area contributed by atoms with Crippen molar-refractivity contribution < 1.29 is 9.84 Å². The number of phenolic OH excluding ortho intramolecular Hbond substituents is 1. The van der Waals surface area contributed by atoms with Crippen molar-refractivity contribution in [3.63, 3.8) is 0 Å². The summed E-state index contributed by atoms with van der Waals surface area (Å²) in [6.45, 7) is 4.37. The van der Waals surface area contributed by atoms with Gasteiger partial charge in [0.25, 0.3) is 0 Å². The molecular formula is C16H19NO2. The zero-order valence-corrected chi connectivity index (χ0v) is 11.1. The monoisotopic (exact) mass is 257 g/mol. The topological polar surface area (TPSA) is 32.7 Å². The molecule has 3 heteroatoms. The number of benzene rings is 2. The average Bonchev–Trinajstić information content (AvgIpc) is 2.45. The highest BCUT2D eigenvalue weighted by molar-refractivity contribution is 5.50. The minimum absolute atomic E-state index is 0.292. The van der Waals surface area contributed by atoms with Crippen molar-refractivity contribution in [3.8, 4) is 11.5 Å². The van der Waals surface area contributed by atoms with Gasteiger partial charge in [0, 0.05) is 18.3 Å². The van der Waals surface area contributed by atoms with Gasteiger partial charge in [0.15, 0.2) is 0 Å². The quantitative estimate of drug-likeness (QED) is 0.862. The number of rotatable bonds is 6. The Bertz CT molecular complexity index is 499. The molecule has 0 saturated carbocycles. The third kappa shape index (κ3) is 3.91. The second kappa shape index (κ2) is 6.69. The summed E-state index contributed by atoms with van der Waals surface area (Å²) in [4.78, 5) is 2.17. The summed E-state index contributed by atoms with van der Waals surface area (Å²) < 4.78 is 5.69.